The quantitative estimate of drug-likeness (QED) is 0.830. The molecule has 0 aromatic heterocycles. The Hall–Kier alpha value is -1.69. The molecular weight excluding hydrogens is 222 g/mol. The first kappa shape index (κ1) is 12.8. The number of nitrogens with zero attached hydrogens (tertiary/aromatic N) is 2. The first-order valence-electron chi connectivity index (χ1n) is 6.68. The topological polar surface area (TPSA) is 53.0 Å². The van der Waals surface area contributed by atoms with E-state index in [1.54, 1.807) is 0 Å². The van der Waals surface area contributed by atoms with Gasteiger partial charge in [-0.2, -0.15) is 5.26 Å². The Bertz CT molecular complexity index is 469. The highest BCUT2D eigenvalue weighted by molar-refractivity contribution is 5.64. The Balaban J connectivity index is 2.20. The molecule has 1 aliphatic rings. The third-order valence-corrected chi connectivity index (χ3v) is 4.46. The van der Waals surface area contributed by atoms with E-state index in [0.717, 1.165) is 18.8 Å². The van der Waals surface area contributed by atoms with Crippen molar-refractivity contribution in [1.29, 1.82) is 5.26 Å². The van der Waals surface area contributed by atoms with Crippen molar-refractivity contribution in [2.24, 2.45) is 5.41 Å². The van der Waals surface area contributed by atoms with Gasteiger partial charge >= 0.3 is 0 Å². The molecule has 0 unspecified atom stereocenters. The third-order valence-electron chi connectivity index (χ3n) is 4.46. The summed E-state index contributed by atoms with van der Waals surface area (Å²) < 4.78 is 0. The summed E-state index contributed by atoms with van der Waals surface area (Å²) in [5.74, 6) is 0. The number of hydrogen-bond donors (Lipinski definition) is 1. The van der Waals surface area contributed by atoms with E-state index >= 15 is 0 Å². The fraction of sp³-hybridized carbons (Fsp3) is 0.533. The predicted molar refractivity (Wildman–Crippen MR) is 75.4 cm³/mol. The van der Waals surface area contributed by atoms with Gasteiger partial charge in [-0.3, -0.25) is 0 Å². The van der Waals surface area contributed by atoms with Crippen LogP contribution < -0.4 is 10.6 Å². The molecule has 1 fully saturated rings. The van der Waals surface area contributed by atoms with Crippen LogP contribution in [-0.4, -0.2) is 13.1 Å². The van der Waals surface area contributed by atoms with E-state index in [0.29, 0.717) is 16.7 Å². The van der Waals surface area contributed by atoms with Crippen LogP contribution in [0.4, 0.5) is 11.4 Å². The van der Waals surface area contributed by atoms with Gasteiger partial charge in [-0.1, -0.05) is 13.8 Å². The average molecular weight is 243 g/mol. The summed E-state index contributed by atoms with van der Waals surface area (Å²) in [7, 11) is 0. The van der Waals surface area contributed by atoms with Crippen molar-refractivity contribution >= 4 is 11.4 Å². The van der Waals surface area contributed by atoms with Crippen LogP contribution in [-0.2, 0) is 0 Å². The largest absolute Gasteiger partial charge is 0.398 e. The van der Waals surface area contributed by atoms with Crippen LogP contribution in [0, 0.1) is 16.7 Å². The zero-order valence-corrected chi connectivity index (χ0v) is 11.2. The second-order valence-electron chi connectivity index (χ2n) is 5.26. The van der Waals surface area contributed by atoms with Gasteiger partial charge in [-0.05, 0) is 42.9 Å². The Labute approximate surface area is 109 Å². The van der Waals surface area contributed by atoms with Crippen LogP contribution in [0.3, 0.4) is 0 Å². The molecule has 0 aliphatic carbocycles. The van der Waals surface area contributed by atoms with Gasteiger partial charge in [0.2, 0.25) is 0 Å². The van der Waals surface area contributed by atoms with Gasteiger partial charge in [0.1, 0.15) is 6.07 Å². The van der Waals surface area contributed by atoms with Crippen LogP contribution in [0.1, 0.15) is 38.7 Å². The third kappa shape index (κ3) is 2.15. The highest BCUT2D eigenvalue weighted by Crippen LogP contribution is 2.39. The lowest BCUT2D eigenvalue weighted by atomic mass is 9.82. The minimum absolute atomic E-state index is 0.461. The molecule has 1 aromatic rings. The van der Waals surface area contributed by atoms with E-state index in [1.807, 2.05) is 18.2 Å². The highest BCUT2D eigenvalue weighted by Gasteiger charge is 2.34. The summed E-state index contributed by atoms with van der Waals surface area (Å²) in [6.07, 6.45) is 3.71. The molecule has 18 heavy (non-hydrogen) atoms. The molecule has 1 heterocycles. The van der Waals surface area contributed by atoms with E-state index in [-0.39, 0.29) is 0 Å². The van der Waals surface area contributed by atoms with E-state index in [2.05, 4.69) is 24.8 Å². The average Bonchev–Trinajstić information content (AvgIpc) is 2.84. The van der Waals surface area contributed by atoms with Crippen molar-refractivity contribution in [3.8, 4) is 6.07 Å². The number of nitrogen functional groups attached to an aromatic ring is 1. The van der Waals surface area contributed by atoms with Crippen molar-refractivity contribution in [3.63, 3.8) is 0 Å². The number of rotatable bonds is 3. The van der Waals surface area contributed by atoms with Crippen LogP contribution >= 0.6 is 0 Å². The fourth-order valence-corrected chi connectivity index (χ4v) is 2.83. The Kier molecular flexibility index (Phi) is 3.47. The number of anilines is 2. The molecule has 1 aliphatic heterocycles. The maximum absolute atomic E-state index is 8.89. The first-order chi connectivity index (χ1) is 8.64. The molecule has 0 bridgehead atoms. The smallest absolute Gasteiger partial charge is 0.101 e. The lowest BCUT2D eigenvalue weighted by Gasteiger charge is -2.27. The number of benzene rings is 1. The Morgan fingerprint density at radius 1 is 1.39 bits per heavy atom. The first-order valence-corrected chi connectivity index (χ1v) is 6.68. The molecule has 1 saturated heterocycles. The molecule has 96 valence electrons. The Morgan fingerprint density at radius 2 is 2.11 bits per heavy atom. The summed E-state index contributed by atoms with van der Waals surface area (Å²) in [6.45, 7) is 6.75. The second kappa shape index (κ2) is 4.89. The zero-order valence-electron chi connectivity index (χ0n) is 11.2. The van der Waals surface area contributed by atoms with Crippen molar-refractivity contribution in [3.05, 3.63) is 23.8 Å². The lowest BCUT2D eigenvalue weighted by Crippen LogP contribution is -2.26. The molecule has 3 nitrogen and oxygen atoms in total. The molecule has 0 amide bonds. The standard InChI is InChI=1S/C15H21N3/c1-3-15(4-2)7-8-18(11-15)13-6-5-12(10-16)14(17)9-13/h5-6,9H,3-4,7-8,11,17H2,1-2H3. The summed E-state index contributed by atoms with van der Waals surface area (Å²) in [4.78, 5) is 2.39. The molecule has 0 radical (unpaired) electrons. The van der Waals surface area contributed by atoms with E-state index in [9.17, 15) is 0 Å². The van der Waals surface area contributed by atoms with Crippen molar-refractivity contribution in [2.45, 2.75) is 33.1 Å². The van der Waals surface area contributed by atoms with Crippen LogP contribution in [0.5, 0.6) is 0 Å². The molecule has 0 atom stereocenters. The fourth-order valence-electron chi connectivity index (χ4n) is 2.83. The van der Waals surface area contributed by atoms with Crippen molar-refractivity contribution in [1.82, 2.24) is 0 Å². The Morgan fingerprint density at radius 3 is 2.61 bits per heavy atom. The highest BCUT2D eigenvalue weighted by atomic mass is 15.2. The minimum atomic E-state index is 0.461. The number of hydrogen-bond acceptors (Lipinski definition) is 3. The van der Waals surface area contributed by atoms with Gasteiger partial charge in [0.05, 0.1) is 11.3 Å². The molecule has 0 spiro atoms. The van der Waals surface area contributed by atoms with Crippen LogP contribution in [0.25, 0.3) is 0 Å². The number of nitrogens with two attached hydrogens (primary N) is 1. The molecular formula is C15H21N3. The lowest BCUT2D eigenvalue weighted by molar-refractivity contribution is 0.301. The van der Waals surface area contributed by atoms with E-state index in [1.165, 1.54) is 19.3 Å². The number of nitriles is 1. The second-order valence-corrected chi connectivity index (χ2v) is 5.26. The molecule has 2 N–H and O–H groups in total. The predicted octanol–water partition coefficient (Wildman–Crippen LogP) is 3.16. The van der Waals surface area contributed by atoms with Gasteiger partial charge in [0.15, 0.2) is 0 Å². The van der Waals surface area contributed by atoms with Gasteiger partial charge < -0.3 is 10.6 Å². The van der Waals surface area contributed by atoms with Crippen LogP contribution in [0.15, 0.2) is 18.2 Å². The maximum atomic E-state index is 8.89. The maximum Gasteiger partial charge on any atom is 0.101 e. The van der Waals surface area contributed by atoms with Crippen molar-refractivity contribution < 1.29 is 0 Å². The SMILES string of the molecule is CCC1(CC)CCN(c2ccc(C#N)c(N)c2)C1. The zero-order chi connectivity index (χ0) is 13.2. The molecule has 0 saturated carbocycles. The molecule has 2 rings (SSSR count). The summed E-state index contributed by atoms with van der Waals surface area (Å²) in [5.41, 5.74) is 8.64. The summed E-state index contributed by atoms with van der Waals surface area (Å²) >= 11 is 0. The van der Waals surface area contributed by atoms with Crippen molar-refractivity contribution in [2.75, 3.05) is 23.7 Å². The normalized spacial score (nSPS) is 17.7. The van der Waals surface area contributed by atoms with Gasteiger partial charge in [0, 0.05) is 18.8 Å². The summed E-state index contributed by atoms with van der Waals surface area (Å²) in [5, 5.41) is 8.89. The molecule has 3 heteroatoms. The minimum Gasteiger partial charge on any atom is -0.398 e. The monoisotopic (exact) mass is 243 g/mol. The van der Waals surface area contributed by atoms with Gasteiger partial charge in [-0.15, -0.1) is 0 Å². The van der Waals surface area contributed by atoms with Gasteiger partial charge in [0.25, 0.3) is 0 Å². The van der Waals surface area contributed by atoms with Crippen LogP contribution in [0.2, 0.25) is 0 Å². The van der Waals surface area contributed by atoms with E-state index in [4.69, 9.17) is 11.0 Å². The summed E-state index contributed by atoms with van der Waals surface area (Å²) in [6, 6.07) is 7.87. The van der Waals surface area contributed by atoms with E-state index < -0.39 is 0 Å². The van der Waals surface area contributed by atoms with Gasteiger partial charge in [-0.25, -0.2) is 0 Å². The molecule has 1 aromatic carbocycles.